The van der Waals surface area contributed by atoms with Crippen LogP contribution in [0.4, 0.5) is 0 Å². The highest BCUT2D eigenvalue weighted by molar-refractivity contribution is 5.83. The molecule has 4 heteroatoms. The molecule has 2 aromatic carbocycles. The van der Waals surface area contributed by atoms with Crippen LogP contribution in [0.3, 0.4) is 0 Å². The van der Waals surface area contributed by atoms with Crippen molar-refractivity contribution in [3.63, 3.8) is 0 Å². The van der Waals surface area contributed by atoms with Gasteiger partial charge in [-0.15, -0.1) is 0 Å². The Labute approximate surface area is 199 Å². The summed E-state index contributed by atoms with van der Waals surface area (Å²) in [5.41, 5.74) is 1.84. The van der Waals surface area contributed by atoms with E-state index in [4.69, 9.17) is 9.47 Å². The second-order valence-corrected chi connectivity index (χ2v) is 10.7. The molecule has 1 N–H and O–H groups in total. The second-order valence-electron chi connectivity index (χ2n) is 10.7. The molecule has 0 radical (unpaired) electrons. The molecule has 4 nitrogen and oxygen atoms in total. The fraction of sp³-hybridized carbons (Fsp3) is 0.552. The van der Waals surface area contributed by atoms with Crippen molar-refractivity contribution >= 4 is 5.91 Å². The van der Waals surface area contributed by atoms with Gasteiger partial charge < -0.3 is 14.8 Å². The molecule has 3 fully saturated rings. The standard InChI is InChI=1S/C29H39NO3/c1-21(23-8-6-5-7-9-23)27(31)30-26(28(2,3)32-4)24-10-12-25(13-11-24)33-20-29-17-14-22(15-18-29)16-19-29/h5-13,21-22,26H,14-20H2,1-4H3,(H,30,31)/t21-,22?,26?,29?/m0/s1. The molecular formula is C29H39NO3. The van der Waals surface area contributed by atoms with Crippen LogP contribution in [-0.4, -0.2) is 25.2 Å². The highest BCUT2D eigenvalue weighted by atomic mass is 16.5. The summed E-state index contributed by atoms with van der Waals surface area (Å²) in [6.45, 7) is 6.77. The Kier molecular flexibility index (Phi) is 7.13. The van der Waals surface area contributed by atoms with E-state index in [1.807, 2.05) is 63.2 Å². The number of benzene rings is 2. The van der Waals surface area contributed by atoms with Gasteiger partial charge in [-0.25, -0.2) is 0 Å². The van der Waals surface area contributed by atoms with Crippen LogP contribution in [0.25, 0.3) is 0 Å². The van der Waals surface area contributed by atoms with Crippen LogP contribution >= 0.6 is 0 Å². The molecule has 3 aliphatic carbocycles. The van der Waals surface area contributed by atoms with Gasteiger partial charge in [-0.1, -0.05) is 42.5 Å². The molecule has 0 aliphatic heterocycles. The minimum Gasteiger partial charge on any atom is -0.493 e. The van der Waals surface area contributed by atoms with Gasteiger partial charge in [0.05, 0.1) is 24.2 Å². The Morgan fingerprint density at radius 2 is 1.61 bits per heavy atom. The van der Waals surface area contributed by atoms with Gasteiger partial charge in [-0.05, 0) is 88.5 Å². The molecule has 1 unspecified atom stereocenters. The van der Waals surface area contributed by atoms with Crippen molar-refractivity contribution in [1.29, 1.82) is 0 Å². The van der Waals surface area contributed by atoms with Gasteiger partial charge in [0.1, 0.15) is 5.75 Å². The van der Waals surface area contributed by atoms with Crippen LogP contribution in [-0.2, 0) is 9.53 Å². The zero-order chi connectivity index (χ0) is 23.5. The minimum absolute atomic E-state index is 0.0105. The lowest BCUT2D eigenvalue weighted by atomic mass is 9.61. The second kappa shape index (κ2) is 9.89. The molecule has 0 saturated heterocycles. The first-order valence-corrected chi connectivity index (χ1v) is 12.5. The number of nitrogens with one attached hydrogen (secondary N) is 1. The van der Waals surface area contributed by atoms with Crippen molar-refractivity contribution in [2.45, 2.75) is 76.9 Å². The van der Waals surface area contributed by atoms with Gasteiger partial charge in [0.2, 0.25) is 5.91 Å². The van der Waals surface area contributed by atoms with Crippen molar-refractivity contribution < 1.29 is 14.3 Å². The third kappa shape index (κ3) is 5.43. The molecule has 1 amide bonds. The highest BCUT2D eigenvalue weighted by Crippen LogP contribution is 2.50. The fourth-order valence-corrected chi connectivity index (χ4v) is 5.49. The third-order valence-electron chi connectivity index (χ3n) is 8.21. The van der Waals surface area contributed by atoms with E-state index in [0.717, 1.165) is 29.4 Å². The lowest BCUT2D eigenvalue weighted by Gasteiger charge is -2.46. The van der Waals surface area contributed by atoms with Crippen molar-refractivity contribution in [2.75, 3.05) is 13.7 Å². The van der Waals surface area contributed by atoms with E-state index in [2.05, 4.69) is 17.4 Å². The molecule has 0 heterocycles. The topological polar surface area (TPSA) is 47.6 Å². The first-order chi connectivity index (χ1) is 15.8. The normalized spacial score (nSPS) is 24.2. The number of ether oxygens (including phenoxy) is 2. The van der Waals surface area contributed by atoms with Gasteiger partial charge in [0.15, 0.2) is 0 Å². The van der Waals surface area contributed by atoms with Crippen molar-refractivity contribution in [3.8, 4) is 5.75 Å². The maximum atomic E-state index is 13.1. The Bertz CT molecular complexity index is 900. The predicted molar refractivity (Wildman–Crippen MR) is 132 cm³/mol. The summed E-state index contributed by atoms with van der Waals surface area (Å²) in [6, 6.07) is 17.8. The van der Waals surface area contributed by atoms with Crippen molar-refractivity contribution in [1.82, 2.24) is 5.32 Å². The number of hydrogen-bond acceptors (Lipinski definition) is 3. The zero-order valence-corrected chi connectivity index (χ0v) is 20.6. The molecule has 3 saturated carbocycles. The lowest BCUT2D eigenvalue weighted by Crippen LogP contribution is -2.44. The van der Waals surface area contributed by atoms with Crippen LogP contribution in [0.1, 0.15) is 82.4 Å². The Hall–Kier alpha value is -2.33. The van der Waals surface area contributed by atoms with E-state index in [1.54, 1.807) is 7.11 Å². The predicted octanol–water partition coefficient (Wildman–Crippen LogP) is 6.42. The molecule has 5 rings (SSSR count). The Morgan fingerprint density at radius 1 is 1.00 bits per heavy atom. The molecule has 33 heavy (non-hydrogen) atoms. The molecule has 0 aromatic heterocycles. The molecule has 178 valence electrons. The number of carbonyl (C=O) groups excluding carboxylic acids is 1. The smallest absolute Gasteiger partial charge is 0.227 e. The number of fused-ring (bicyclic) bond motifs is 3. The quantitative estimate of drug-likeness (QED) is 0.480. The largest absolute Gasteiger partial charge is 0.493 e. The number of carbonyl (C=O) groups is 1. The summed E-state index contributed by atoms with van der Waals surface area (Å²) in [5.74, 6) is 1.61. The van der Waals surface area contributed by atoms with Crippen LogP contribution in [0.5, 0.6) is 5.75 Å². The zero-order valence-electron chi connectivity index (χ0n) is 20.6. The van der Waals surface area contributed by atoms with Crippen LogP contribution < -0.4 is 10.1 Å². The average Bonchev–Trinajstić information content (AvgIpc) is 2.87. The van der Waals surface area contributed by atoms with Crippen LogP contribution in [0.15, 0.2) is 54.6 Å². The van der Waals surface area contributed by atoms with Crippen LogP contribution in [0.2, 0.25) is 0 Å². The summed E-state index contributed by atoms with van der Waals surface area (Å²) in [5, 5.41) is 3.24. The number of methoxy groups -OCH3 is 1. The van der Waals surface area contributed by atoms with E-state index in [9.17, 15) is 4.79 Å². The summed E-state index contributed by atoms with van der Waals surface area (Å²) in [4.78, 5) is 13.1. The maximum Gasteiger partial charge on any atom is 0.227 e. The molecule has 2 aromatic rings. The van der Waals surface area contributed by atoms with E-state index in [0.29, 0.717) is 5.41 Å². The molecule has 0 spiro atoms. The SMILES string of the molecule is COC(C)(C)C(NC(=O)[C@@H](C)c1ccccc1)c1ccc(OCC23CCC(CC2)CC3)cc1. The molecular weight excluding hydrogens is 410 g/mol. The monoisotopic (exact) mass is 449 g/mol. The van der Waals surface area contributed by atoms with Gasteiger partial charge in [-0.3, -0.25) is 4.79 Å². The number of hydrogen-bond donors (Lipinski definition) is 1. The summed E-state index contributed by atoms with van der Waals surface area (Å²) in [7, 11) is 1.69. The summed E-state index contributed by atoms with van der Waals surface area (Å²) < 4.78 is 12.1. The van der Waals surface area contributed by atoms with Crippen LogP contribution in [0, 0.1) is 11.3 Å². The van der Waals surface area contributed by atoms with E-state index >= 15 is 0 Å². The van der Waals surface area contributed by atoms with Gasteiger partial charge in [0, 0.05) is 12.5 Å². The lowest BCUT2D eigenvalue weighted by molar-refractivity contribution is -0.125. The maximum absolute atomic E-state index is 13.1. The number of amides is 1. The first-order valence-electron chi connectivity index (χ1n) is 12.5. The Balaban J connectivity index is 1.44. The average molecular weight is 450 g/mol. The van der Waals surface area contributed by atoms with E-state index in [-0.39, 0.29) is 17.9 Å². The van der Waals surface area contributed by atoms with E-state index < -0.39 is 5.60 Å². The molecule has 3 aliphatic rings. The van der Waals surface area contributed by atoms with E-state index in [1.165, 1.54) is 38.5 Å². The fourth-order valence-electron chi connectivity index (χ4n) is 5.49. The van der Waals surface area contributed by atoms with Crippen molar-refractivity contribution in [3.05, 3.63) is 65.7 Å². The molecule has 2 bridgehead atoms. The number of rotatable bonds is 9. The molecule has 2 atom stereocenters. The van der Waals surface area contributed by atoms with Gasteiger partial charge >= 0.3 is 0 Å². The highest BCUT2D eigenvalue weighted by Gasteiger charge is 2.41. The minimum atomic E-state index is -0.561. The third-order valence-corrected chi connectivity index (χ3v) is 8.21. The first kappa shape index (κ1) is 23.8. The van der Waals surface area contributed by atoms with Gasteiger partial charge in [0.25, 0.3) is 0 Å². The summed E-state index contributed by atoms with van der Waals surface area (Å²) >= 11 is 0. The Morgan fingerprint density at radius 3 is 2.18 bits per heavy atom. The summed E-state index contributed by atoms with van der Waals surface area (Å²) in [6.07, 6.45) is 8.05. The van der Waals surface area contributed by atoms with Crippen molar-refractivity contribution in [2.24, 2.45) is 11.3 Å². The van der Waals surface area contributed by atoms with Gasteiger partial charge in [-0.2, -0.15) is 0 Å².